The van der Waals surface area contributed by atoms with Crippen molar-refractivity contribution in [2.24, 2.45) is 0 Å². The second-order valence-electron chi connectivity index (χ2n) is 4.93. The maximum atomic E-state index is 5.71. The van der Waals surface area contributed by atoms with E-state index in [4.69, 9.17) is 5.73 Å². The van der Waals surface area contributed by atoms with E-state index in [0.29, 0.717) is 5.82 Å². The molecule has 6 heteroatoms. The Labute approximate surface area is 133 Å². The maximum Gasteiger partial charge on any atom is 0.145 e. The van der Waals surface area contributed by atoms with Crippen molar-refractivity contribution in [2.45, 2.75) is 13.0 Å². The van der Waals surface area contributed by atoms with Gasteiger partial charge in [-0.15, -0.1) is 0 Å². The number of rotatable bonds is 7. The lowest BCUT2D eigenvalue weighted by Crippen LogP contribution is -2.21. The van der Waals surface area contributed by atoms with Crippen LogP contribution >= 0.6 is 15.9 Å². The molecule has 2 aromatic rings. The zero-order valence-corrected chi connectivity index (χ0v) is 13.7. The molecule has 112 valence electrons. The highest BCUT2D eigenvalue weighted by molar-refractivity contribution is 9.10. The Morgan fingerprint density at radius 2 is 2.00 bits per heavy atom. The quantitative estimate of drug-likeness (QED) is 0.752. The molecule has 0 amide bonds. The van der Waals surface area contributed by atoms with Gasteiger partial charge in [-0.3, -0.25) is 0 Å². The predicted octanol–water partition coefficient (Wildman–Crippen LogP) is 2.76. The first-order chi connectivity index (χ1) is 10.2. The summed E-state index contributed by atoms with van der Waals surface area (Å²) >= 11 is 3.38. The van der Waals surface area contributed by atoms with Gasteiger partial charge in [0.05, 0.1) is 0 Å². The summed E-state index contributed by atoms with van der Waals surface area (Å²) < 4.78 is 0.725. The van der Waals surface area contributed by atoms with E-state index >= 15 is 0 Å². The highest BCUT2D eigenvalue weighted by atomic mass is 79.9. The van der Waals surface area contributed by atoms with Crippen LogP contribution < -0.4 is 11.1 Å². The molecule has 0 unspecified atom stereocenters. The summed E-state index contributed by atoms with van der Waals surface area (Å²) in [6, 6.07) is 10.5. The molecular weight excluding hydrogens is 330 g/mol. The molecule has 5 nitrogen and oxygen atoms in total. The number of nitrogens with two attached hydrogens (primary N) is 1. The van der Waals surface area contributed by atoms with Crippen LogP contribution in [0.3, 0.4) is 0 Å². The van der Waals surface area contributed by atoms with Gasteiger partial charge in [-0.1, -0.05) is 30.3 Å². The molecule has 0 spiro atoms. The van der Waals surface area contributed by atoms with Crippen LogP contribution in [0.5, 0.6) is 0 Å². The van der Waals surface area contributed by atoms with E-state index in [1.807, 2.05) is 6.07 Å². The second kappa shape index (κ2) is 7.95. The first kappa shape index (κ1) is 15.7. The summed E-state index contributed by atoms with van der Waals surface area (Å²) in [7, 11) is 2.13. The van der Waals surface area contributed by atoms with E-state index < -0.39 is 0 Å². The van der Waals surface area contributed by atoms with Crippen LogP contribution in [0.2, 0.25) is 0 Å². The van der Waals surface area contributed by atoms with Gasteiger partial charge in [0.1, 0.15) is 22.4 Å². The Morgan fingerprint density at radius 1 is 1.24 bits per heavy atom. The summed E-state index contributed by atoms with van der Waals surface area (Å²) in [6.07, 6.45) is 2.49. The molecule has 0 aliphatic carbocycles. The van der Waals surface area contributed by atoms with Gasteiger partial charge in [-0.25, -0.2) is 9.97 Å². The number of nitrogen functional groups attached to an aromatic ring is 1. The zero-order valence-electron chi connectivity index (χ0n) is 12.1. The molecule has 0 atom stereocenters. The smallest absolute Gasteiger partial charge is 0.145 e. The van der Waals surface area contributed by atoms with Gasteiger partial charge in [-0.05, 0) is 41.5 Å². The molecule has 1 aromatic carbocycles. The molecule has 0 radical (unpaired) electrons. The number of hydrogen-bond donors (Lipinski definition) is 2. The van der Waals surface area contributed by atoms with Crippen molar-refractivity contribution in [3.05, 3.63) is 46.7 Å². The summed E-state index contributed by atoms with van der Waals surface area (Å²) in [5, 5.41) is 3.27. The molecule has 0 aliphatic heterocycles. The van der Waals surface area contributed by atoms with Crippen molar-refractivity contribution < 1.29 is 0 Å². The SMILES string of the molecule is CN(CCCNc1ncnc(N)c1Br)Cc1ccccc1. The van der Waals surface area contributed by atoms with Gasteiger partial charge in [0, 0.05) is 13.1 Å². The van der Waals surface area contributed by atoms with Crippen LogP contribution in [0.4, 0.5) is 11.6 Å². The van der Waals surface area contributed by atoms with E-state index in [2.05, 4.69) is 67.4 Å². The third kappa shape index (κ3) is 4.99. The normalized spacial score (nSPS) is 10.8. The lowest BCUT2D eigenvalue weighted by atomic mass is 10.2. The van der Waals surface area contributed by atoms with Gasteiger partial charge < -0.3 is 16.0 Å². The van der Waals surface area contributed by atoms with Crippen molar-refractivity contribution in [3.8, 4) is 0 Å². The number of benzene rings is 1. The lowest BCUT2D eigenvalue weighted by molar-refractivity contribution is 0.325. The van der Waals surface area contributed by atoms with Crippen molar-refractivity contribution in [2.75, 3.05) is 31.2 Å². The van der Waals surface area contributed by atoms with Crippen LogP contribution in [0.15, 0.2) is 41.1 Å². The molecule has 0 fully saturated rings. The molecule has 0 saturated heterocycles. The standard InChI is InChI=1S/C15H20BrN5/c1-21(10-12-6-3-2-4-7-12)9-5-8-18-15-13(16)14(17)19-11-20-15/h2-4,6-7,11H,5,8-10H2,1H3,(H3,17,18,19,20). The van der Waals surface area contributed by atoms with Gasteiger partial charge >= 0.3 is 0 Å². The van der Waals surface area contributed by atoms with E-state index in [-0.39, 0.29) is 0 Å². The minimum atomic E-state index is 0.452. The van der Waals surface area contributed by atoms with Gasteiger partial charge in [0.25, 0.3) is 0 Å². The van der Waals surface area contributed by atoms with Crippen LogP contribution in [0, 0.1) is 0 Å². The lowest BCUT2D eigenvalue weighted by Gasteiger charge is -2.17. The van der Waals surface area contributed by atoms with Gasteiger partial charge in [0.2, 0.25) is 0 Å². The first-order valence-electron chi connectivity index (χ1n) is 6.89. The Morgan fingerprint density at radius 3 is 2.76 bits per heavy atom. The number of halogens is 1. The van der Waals surface area contributed by atoms with E-state index in [1.54, 1.807) is 0 Å². The number of aromatic nitrogens is 2. The molecule has 1 heterocycles. The fourth-order valence-corrected chi connectivity index (χ4v) is 2.38. The number of anilines is 2. The third-order valence-corrected chi connectivity index (χ3v) is 3.90. The molecule has 0 saturated carbocycles. The number of nitrogens with one attached hydrogen (secondary N) is 1. The summed E-state index contributed by atoms with van der Waals surface area (Å²) in [4.78, 5) is 10.4. The minimum Gasteiger partial charge on any atom is -0.383 e. The van der Waals surface area contributed by atoms with E-state index in [0.717, 1.165) is 36.3 Å². The average molecular weight is 350 g/mol. The highest BCUT2D eigenvalue weighted by Gasteiger charge is 2.05. The van der Waals surface area contributed by atoms with E-state index in [1.165, 1.54) is 11.9 Å². The van der Waals surface area contributed by atoms with Crippen LogP contribution in [0.1, 0.15) is 12.0 Å². The first-order valence-corrected chi connectivity index (χ1v) is 7.68. The van der Waals surface area contributed by atoms with Gasteiger partial charge in [-0.2, -0.15) is 0 Å². The molecule has 21 heavy (non-hydrogen) atoms. The molecule has 2 rings (SSSR count). The molecule has 0 aliphatic rings. The summed E-state index contributed by atoms with van der Waals surface area (Å²) in [6.45, 7) is 2.82. The Kier molecular flexibility index (Phi) is 5.95. The van der Waals surface area contributed by atoms with Crippen molar-refractivity contribution in [1.29, 1.82) is 0 Å². The molecule has 3 N–H and O–H groups in total. The van der Waals surface area contributed by atoms with Crippen molar-refractivity contribution in [1.82, 2.24) is 14.9 Å². The molecule has 1 aromatic heterocycles. The topological polar surface area (TPSA) is 67.1 Å². The van der Waals surface area contributed by atoms with E-state index in [9.17, 15) is 0 Å². The minimum absolute atomic E-state index is 0.452. The van der Waals surface area contributed by atoms with Crippen molar-refractivity contribution in [3.63, 3.8) is 0 Å². The van der Waals surface area contributed by atoms with Crippen LogP contribution in [-0.4, -0.2) is 35.0 Å². The molecular formula is C15H20BrN5. The number of nitrogens with zero attached hydrogens (tertiary/aromatic N) is 3. The second-order valence-corrected chi connectivity index (χ2v) is 5.72. The zero-order chi connectivity index (χ0) is 15.1. The maximum absolute atomic E-state index is 5.71. The predicted molar refractivity (Wildman–Crippen MR) is 90.0 cm³/mol. The largest absolute Gasteiger partial charge is 0.383 e. The van der Waals surface area contributed by atoms with Crippen LogP contribution in [-0.2, 0) is 6.54 Å². The fourth-order valence-electron chi connectivity index (χ4n) is 2.04. The Hall–Kier alpha value is -1.66. The van der Waals surface area contributed by atoms with Crippen LogP contribution in [0.25, 0.3) is 0 Å². The number of hydrogen-bond acceptors (Lipinski definition) is 5. The van der Waals surface area contributed by atoms with Gasteiger partial charge in [0.15, 0.2) is 0 Å². The Balaban J connectivity index is 1.71. The summed E-state index contributed by atoms with van der Waals surface area (Å²) in [5.74, 6) is 1.20. The van der Waals surface area contributed by atoms with Crippen molar-refractivity contribution >= 4 is 27.6 Å². The average Bonchev–Trinajstić information content (AvgIpc) is 2.49. The highest BCUT2D eigenvalue weighted by Crippen LogP contribution is 2.23. The fraction of sp³-hybridized carbons (Fsp3) is 0.333. The molecule has 0 bridgehead atoms. The Bertz CT molecular complexity index is 561. The monoisotopic (exact) mass is 349 g/mol. The third-order valence-electron chi connectivity index (χ3n) is 3.12. The summed E-state index contributed by atoms with van der Waals surface area (Å²) in [5.41, 5.74) is 7.05.